The summed E-state index contributed by atoms with van der Waals surface area (Å²) in [5, 5.41) is 2.60. The Bertz CT molecular complexity index is 578. The molecule has 0 unspecified atom stereocenters. The minimum absolute atomic E-state index is 0.166. The molecule has 6 nitrogen and oxygen atoms in total. The molecule has 0 aromatic carbocycles. The van der Waals surface area contributed by atoms with E-state index in [1.165, 1.54) is 30.6 Å². The molecule has 1 aliphatic heterocycles. The first-order chi connectivity index (χ1) is 11.6. The van der Waals surface area contributed by atoms with Gasteiger partial charge in [0.25, 0.3) is 11.8 Å². The van der Waals surface area contributed by atoms with Gasteiger partial charge in [-0.3, -0.25) is 14.5 Å². The monoisotopic (exact) mass is 332 g/mol. The number of alkyl carbamates (subject to hydrolysis) is 1. The van der Waals surface area contributed by atoms with Crippen LogP contribution in [-0.4, -0.2) is 42.5 Å². The summed E-state index contributed by atoms with van der Waals surface area (Å²) in [7, 11) is 0. The molecule has 3 rings (SSSR count). The summed E-state index contributed by atoms with van der Waals surface area (Å²) in [4.78, 5) is 35.6. The molecule has 0 bridgehead atoms. The average molecular weight is 332 g/mol. The van der Waals surface area contributed by atoms with E-state index in [1.54, 1.807) is 0 Å². The maximum Gasteiger partial charge on any atom is 0.407 e. The van der Waals surface area contributed by atoms with Gasteiger partial charge < -0.3 is 10.1 Å². The zero-order valence-corrected chi connectivity index (χ0v) is 14.0. The maximum atomic E-state index is 11.8. The van der Waals surface area contributed by atoms with E-state index in [1.807, 2.05) is 0 Å². The number of fused-ring (bicyclic) bond motifs is 1. The van der Waals surface area contributed by atoms with Crippen LogP contribution in [0.4, 0.5) is 4.79 Å². The molecular formula is C18H24N2O4. The Morgan fingerprint density at radius 3 is 2.71 bits per heavy atom. The number of carbonyl (C=O) groups excluding carboxylic acids is 3. The summed E-state index contributed by atoms with van der Waals surface area (Å²) in [5.41, 5.74) is 1.47. The zero-order valence-electron chi connectivity index (χ0n) is 14.0. The van der Waals surface area contributed by atoms with Gasteiger partial charge in [0.2, 0.25) is 0 Å². The van der Waals surface area contributed by atoms with E-state index in [-0.39, 0.29) is 24.9 Å². The van der Waals surface area contributed by atoms with Gasteiger partial charge in [-0.25, -0.2) is 4.79 Å². The highest BCUT2D eigenvalue weighted by molar-refractivity contribution is 6.12. The van der Waals surface area contributed by atoms with Crippen LogP contribution in [0.3, 0.4) is 0 Å². The summed E-state index contributed by atoms with van der Waals surface area (Å²) < 4.78 is 5.31. The molecule has 0 aromatic rings. The zero-order chi connectivity index (χ0) is 17.1. The van der Waals surface area contributed by atoms with Gasteiger partial charge in [0.1, 0.15) is 0 Å². The molecule has 1 fully saturated rings. The first-order valence-corrected chi connectivity index (χ1v) is 8.66. The van der Waals surface area contributed by atoms with Crippen molar-refractivity contribution < 1.29 is 19.1 Å². The van der Waals surface area contributed by atoms with Crippen LogP contribution in [0.15, 0.2) is 23.8 Å². The van der Waals surface area contributed by atoms with Crippen molar-refractivity contribution in [2.45, 2.75) is 32.6 Å². The molecule has 130 valence electrons. The minimum atomic E-state index is -0.476. The Labute approximate surface area is 141 Å². The number of imide groups is 1. The molecule has 0 spiro atoms. The van der Waals surface area contributed by atoms with Crippen molar-refractivity contribution in [3.63, 3.8) is 0 Å². The fourth-order valence-corrected chi connectivity index (χ4v) is 3.79. The van der Waals surface area contributed by atoms with Crippen molar-refractivity contribution in [1.29, 1.82) is 0 Å². The van der Waals surface area contributed by atoms with Crippen molar-refractivity contribution in [2.24, 2.45) is 17.8 Å². The van der Waals surface area contributed by atoms with E-state index in [9.17, 15) is 14.4 Å². The van der Waals surface area contributed by atoms with Crippen LogP contribution in [-0.2, 0) is 14.3 Å². The largest absolute Gasteiger partial charge is 0.449 e. The van der Waals surface area contributed by atoms with Crippen molar-refractivity contribution in [3.05, 3.63) is 23.8 Å². The van der Waals surface area contributed by atoms with E-state index in [2.05, 4.69) is 18.3 Å². The highest BCUT2D eigenvalue weighted by atomic mass is 16.5. The smallest absolute Gasteiger partial charge is 0.407 e. The van der Waals surface area contributed by atoms with Crippen molar-refractivity contribution in [2.75, 3.05) is 19.7 Å². The van der Waals surface area contributed by atoms with Crippen LogP contribution in [0.2, 0.25) is 0 Å². The molecule has 1 saturated carbocycles. The SMILES string of the molecule is C/C1=C\CC[C@@H]2[C@H](CC1)[C@H]2COC(=O)NCCN1C(=O)C=CC1=O. The number of hydrogen-bond donors (Lipinski definition) is 1. The molecule has 2 aliphatic carbocycles. The minimum Gasteiger partial charge on any atom is -0.449 e. The van der Waals surface area contributed by atoms with Gasteiger partial charge in [0.15, 0.2) is 0 Å². The summed E-state index contributed by atoms with van der Waals surface area (Å²) in [6.45, 7) is 3.02. The van der Waals surface area contributed by atoms with Gasteiger partial charge >= 0.3 is 6.09 Å². The van der Waals surface area contributed by atoms with Crippen LogP contribution in [0, 0.1) is 17.8 Å². The van der Waals surface area contributed by atoms with E-state index >= 15 is 0 Å². The lowest BCUT2D eigenvalue weighted by Gasteiger charge is -2.14. The van der Waals surface area contributed by atoms with Gasteiger partial charge in [-0.15, -0.1) is 0 Å². The highest BCUT2D eigenvalue weighted by Crippen LogP contribution is 2.53. The summed E-state index contributed by atoms with van der Waals surface area (Å²) in [6, 6.07) is 0. The molecule has 0 aromatic heterocycles. The summed E-state index contributed by atoms with van der Waals surface area (Å²) >= 11 is 0. The molecule has 6 heteroatoms. The van der Waals surface area contributed by atoms with Crippen LogP contribution in [0.1, 0.15) is 32.6 Å². The summed E-state index contributed by atoms with van der Waals surface area (Å²) in [5.74, 6) is 1.18. The third-order valence-electron chi connectivity index (χ3n) is 5.29. The normalized spacial score (nSPS) is 31.0. The topological polar surface area (TPSA) is 75.7 Å². The molecule has 24 heavy (non-hydrogen) atoms. The predicted octanol–water partition coefficient (Wildman–Crippen LogP) is 2.02. The number of allylic oxidation sites excluding steroid dienone is 2. The highest BCUT2D eigenvalue weighted by Gasteiger charge is 2.49. The Balaban J connectivity index is 1.32. The fraction of sp³-hybridized carbons (Fsp3) is 0.611. The maximum absolute atomic E-state index is 11.8. The molecular weight excluding hydrogens is 308 g/mol. The van der Waals surface area contributed by atoms with Crippen molar-refractivity contribution in [3.8, 4) is 0 Å². The van der Waals surface area contributed by atoms with E-state index in [0.717, 1.165) is 17.7 Å². The van der Waals surface area contributed by atoms with Crippen LogP contribution in [0.5, 0.6) is 0 Å². The van der Waals surface area contributed by atoms with Gasteiger partial charge in [0, 0.05) is 25.2 Å². The Kier molecular flexibility index (Phi) is 5.02. The summed E-state index contributed by atoms with van der Waals surface area (Å²) in [6.07, 6.45) is 8.97. The van der Waals surface area contributed by atoms with Gasteiger partial charge in [-0.2, -0.15) is 0 Å². The third-order valence-corrected chi connectivity index (χ3v) is 5.29. The average Bonchev–Trinajstić information content (AvgIpc) is 3.10. The van der Waals surface area contributed by atoms with Crippen LogP contribution in [0.25, 0.3) is 0 Å². The predicted molar refractivity (Wildman–Crippen MR) is 87.9 cm³/mol. The number of hydrogen-bond acceptors (Lipinski definition) is 4. The lowest BCUT2D eigenvalue weighted by molar-refractivity contribution is -0.136. The Hall–Kier alpha value is -2.11. The fourth-order valence-electron chi connectivity index (χ4n) is 3.79. The van der Waals surface area contributed by atoms with Gasteiger partial charge in [-0.1, -0.05) is 11.6 Å². The molecule has 0 radical (unpaired) electrons. The number of amides is 3. The molecule has 3 aliphatic rings. The molecule has 3 amide bonds. The second-order valence-corrected chi connectivity index (χ2v) is 6.84. The van der Waals surface area contributed by atoms with Crippen LogP contribution < -0.4 is 5.32 Å². The number of nitrogens with zero attached hydrogens (tertiary/aromatic N) is 1. The number of nitrogens with one attached hydrogen (secondary N) is 1. The lowest BCUT2D eigenvalue weighted by atomic mass is 10.0. The molecule has 3 atom stereocenters. The Morgan fingerprint density at radius 2 is 1.96 bits per heavy atom. The van der Waals surface area contributed by atoms with Gasteiger partial charge in [-0.05, 0) is 50.4 Å². The second kappa shape index (κ2) is 7.20. The number of rotatable bonds is 5. The lowest BCUT2D eigenvalue weighted by Crippen LogP contribution is -2.38. The third kappa shape index (κ3) is 3.86. The van der Waals surface area contributed by atoms with Crippen molar-refractivity contribution in [1.82, 2.24) is 10.2 Å². The first kappa shape index (κ1) is 16.7. The number of carbonyl (C=O) groups is 3. The second-order valence-electron chi connectivity index (χ2n) is 6.84. The van der Waals surface area contributed by atoms with Gasteiger partial charge in [0.05, 0.1) is 6.61 Å². The molecule has 1 N–H and O–H groups in total. The van der Waals surface area contributed by atoms with Crippen LogP contribution >= 0.6 is 0 Å². The standard InChI is InChI=1S/C18H24N2O4/c1-12-3-2-4-13-14(6-5-12)15(13)11-24-18(23)19-9-10-20-16(21)7-8-17(20)22/h3,7-8,13-15H,2,4-6,9-11H2,1H3,(H,19,23)/b12-3+/t13-,14+,15+/m1/s1. The van der Waals surface area contributed by atoms with E-state index in [4.69, 9.17) is 4.74 Å². The van der Waals surface area contributed by atoms with Crippen molar-refractivity contribution >= 4 is 17.9 Å². The molecule has 1 heterocycles. The van der Waals surface area contributed by atoms with E-state index < -0.39 is 6.09 Å². The first-order valence-electron chi connectivity index (χ1n) is 8.66. The quantitative estimate of drug-likeness (QED) is 0.617. The number of ether oxygens (including phenoxy) is 1. The Morgan fingerprint density at radius 1 is 1.25 bits per heavy atom. The molecule has 0 saturated heterocycles. The van der Waals surface area contributed by atoms with E-state index in [0.29, 0.717) is 24.4 Å².